The topological polar surface area (TPSA) is 118 Å². The molecule has 9 heteroatoms. The number of nitrogens with zero attached hydrogens (tertiary/aromatic N) is 4. The molecule has 166 valence electrons. The van der Waals surface area contributed by atoms with Gasteiger partial charge < -0.3 is 15.1 Å². The predicted molar refractivity (Wildman–Crippen MR) is 120 cm³/mol. The van der Waals surface area contributed by atoms with Crippen molar-refractivity contribution in [3.63, 3.8) is 0 Å². The minimum atomic E-state index is -0.0398. The second-order valence-corrected chi connectivity index (χ2v) is 7.88. The predicted octanol–water partition coefficient (Wildman–Crippen LogP) is 1.23. The van der Waals surface area contributed by atoms with Crippen LogP contribution in [0.3, 0.4) is 0 Å². The van der Waals surface area contributed by atoms with Gasteiger partial charge in [-0.3, -0.25) is 20.4 Å². The summed E-state index contributed by atoms with van der Waals surface area (Å²) in [6.07, 6.45) is 1.35. The van der Waals surface area contributed by atoms with E-state index in [2.05, 4.69) is 15.3 Å². The third-order valence-electron chi connectivity index (χ3n) is 5.30. The molecule has 9 nitrogen and oxygen atoms in total. The summed E-state index contributed by atoms with van der Waals surface area (Å²) >= 11 is 0. The number of carbonyl (C=O) groups is 2. The molecule has 0 aliphatic carbocycles. The van der Waals surface area contributed by atoms with Crippen molar-refractivity contribution in [2.75, 3.05) is 31.1 Å². The first-order valence-corrected chi connectivity index (χ1v) is 10.4. The molecule has 0 bridgehead atoms. The van der Waals surface area contributed by atoms with Crippen molar-refractivity contribution in [1.82, 2.24) is 20.0 Å². The van der Waals surface area contributed by atoms with E-state index in [9.17, 15) is 9.59 Å². The zero-order chi connectivity index (χ0) is 22.4. The van der Waals surface area contributed by atoms with E-state index in [1.165, 1.54) is 4.68 Å². The van der Waals surface area contributed by atoms with Crippen LogP contribution in [0, 0.1) is 16.7 Å². The highest BCUT2D eigenvalue weighted by Crippen LogP contribution is 2.13. The molecule has 0 atom stereocenters. The van der Waals surface area contributed by atoms with E-state index in [0.29, 0.717) is 45.0 Å². The monoisotopic (exact) mass is 425 g/mol. The minimum absolute atomic E-state index is 0. The molecule has 1 aliphatic heterocycles. The summed E-state index contributed by atoms with van der Waals surface area (Å²) < 4.78 is 1.21. The van der Waals surface area contributed by atoms with Crippen LogP contribution < -0.4 is 15.7 Å². The van der Waals surface area contributed by atoms with Crippen LogP contribution in [-0.2, 0) is 22.6 Å². The molecule has 0 unspecified atom stereocenters. The van der Waals surface area contributed by atoms with E-state index < -0.39 is 0 Å². The lowest BCUT2D eigenvalue weighted by molar-refractivity contribution is -0.130. The Morgan fingerprint density at radius 1 is 1.10 bits per heavy atom. The molecular formula is C22H31N7O2. The van der Waals surface area contributed by atoms with E-state index in [0.717, 1.165) is 17.5 Å². The first-order chi connectivity index (χ1) is 14.9. The van der Waals surface area contributed by atoms with Crippen molar-refractivity contribution in [3.05, 3.63) is 53.0 Å². The number of hydrogen-bond acceptors (Lipinski definition) is 6. The van der Waals surface area contributed by atoms with Gasteiger partial charge >= 0.3 is 0 Å². The van der Waals surface area contributed by atoms with Crippen LogP contribution in [0.2, 0.25) is 0 Å². The maximum absolute atomic E-state index is 12.7. The minimum Gasteiger partial charge on any atom is -0.352 e. The van der Waals surface area contributed by atoms with Gasteiger partial charge in [0.2, 0.25) is 11.8 Å². The molecule has 0 radical (unpaired) electrons. The summed E-state index contributed by atoms with van der Waals surface area (Å²) in [7, 11) is 0. The van der Waals surface area contributed by atoms with E-state index in [-0.39, 0.29) is 24.6 Å². The molecule has 1 fully saturated rings. The third-order valence-corrected chi connectivity index (χ3v) is 5.30. The van der Waals surface area contributed by atoms with Gasteiger partial charge in [-0.2, -0.15) is 0 Å². The lowest BCUT2D eigenvalue weighted by Gasteiger charge is -2.35. The Morgan fingerprint density at radius 3 is 2.35 bits per heavy atom. The quantitative estimate of drug-likeness (QED) is 0.457. The molecule has 2 amide bonds. The van der Waals surface area contributed by atoms with Crippen molar-refractivity contribution in [2.45, 2.75) is 26.8 Å². The second-order valence-electron chi connectivity index (χ2n) is 7.88. The van der Waals surface area contributed by atoms with Gasteiger partial charge in [0, 0.05) is 40.1 Å². The zero-order valence-corrected chi connectivity index (χ0v) is 18.0. The summed E-state index contributed by atoms with van der Waals surface area (Å²) in [4.78, 5) is 28.3. The standard InChI is InChI=1S/C22H29N7O2.H2/c1-16(2)22(31)25-14-18-5-3-17(4-6-18)13-21(30)28-11-9-27(10-12-28)20-8-7-19(24)29(15-23)26-20;/h3-8,15-16,23-24H,9-14H2,1-2H3,(H,25,31);1H. The van der Waals surface area contributed by atoms with E-state index >= 15 is 0 Å². The molecule has 31 heavy (non-hydrogen) atoms. The molecular weight excluding hydrogens is 394 g/mol. The lowest BCUT2D eigenvalue weighted by atomic mass is 10.1. The van der Waals surface area contributed by atoms with Crippen molar-refractivity contribution in [3.8, 4) is 0 Å². The Kier molecular flexibility index (Phi) is 7.17. The van der Waals surface area contributed by atoms with Crippen molar-refractivity contribution in [2.24, 2.45) is 5.92 Å². The van der Waals surface area contributed by atoms with Gasteiger partial charge in [-0.25, -0.2) is 4.68 Å². The number of piperazine rings is 1. The Bertz CT molecular complexity index is 996. The number of amides is 2. The number of rotatable bonds is 7. The molecule has 0 spiro atoms. The Hall–Kier alpha value is -3.49. The average molecular weight is 426 g/mol. The van der Waals surface area contributed by atoms with Gasteiger partial charge in [0.05, 0.1) is 6.42 Å². The van der Waals surface area contributed by atoms with Gasteiger partial charge in [-0.15, -0.1) is 5.10 Å². The van der Waals surface area contributed by atoms with E-state index in [1.54, 1.807) is 12.1 Å². The van der Waals surface area contributed by atoms with Crippen LogP contribution >= 0.6 is 0 Å². The summed E-state index contributed by atoms with van der Waals surface area (Å²) in [6, 6.07) is 11.2. The molecule has 1 saturated heterocycles. The highest BCUT2D eigenvalue weighted by Gasteiger charge is 2.22. The van der Waals surface area contributed by atoms with Gasteiger partial charge in [0.15, 0.2) is 0 Å². The van der Waals surface area contributed by atoms with Gasteiger partial charge in [0.1, 0.15) is 17.6 Å². The molecule has 0 saturated carbocycles. The fourth-order valence-electron chi connectivity index (χ4n) is 3.33. The summed E-state index contributed by atoms with van der Waals surface area (Å²) in [6.45, 7) is 6.73. The van der Waals surface area contributed by atoms with Gasteiger partial charge in [-0.05, 0) is 23.3 Å². The SMILES string of the molecule is CC(C)C(=O)NCc1ccc(CC(=O)N2CCN(c3ccc(=N)n(C=N)n3)CC2)cc1.[HH]. The van der Waals surface area contributed by atoms with Crippen molar-refractivity contribution >= 4 is 24.0 Å². The fourth-order valence-corrected chi connectivity index (χ4v) is 3.33. The van der Waals surface area contributed by atoms with Crippen molar-refractivity contribution < 1.29 is 11.0 Å². The molecule has 3 N–H and O–H groups in total. The summed E-state index contributed by atoms with van der Waals surface area (Å²) in [5.74, 6) is 0.773. The molecule has 1 aromatic carbocycles. The molecule has 1 aliphatic rings. The highest BCUT2D eigenvalue weighted by molar-refractivity contribution is 5.79. The van der Waals surface area contributed by atoms with E-state index in [4.69, 9.17) is 10.8 Å². The van der Waals surface area contributed by atoms with Gasteiger partial charge in [0.25, 0.3) is 0 Å². The lowest BCUT2D eigenvalue weighted by Crippen LogP contribution is -2.49. The second kappa shape index (κ2) is 10.0. The van der Waals surface area contributed by atoms with Crippen LogP contribution in [0.25, 0.3) is 0 Å². The zero-order valence-electron chi connectivity index (χ0n) is 18.0. The average Bonchev–Trinajstić information content (AvgIpc) is 2.78. The Morgan fingerprint density at radius 2 is 1.74 bits per heavy atom. The number of benzene rings is 1. The number of aromatic nitrogens is 2. The molecule has 1 aromatic heterocycles. The number of anilines is 1. The van der Waals surface area contributed by atoms with Crippen LogP contribution in [-0.4, -0.2) is 59.0 Å². The van der Waals surface area contributed by atoms with Crippen LogP contribution in [0.15, 0.2) is 36.4 Å². The van der Waals surface area contributed by atoms with Crippen LogP contribution in [0.1, 0.15) is 26.4 Å². The maximum Gasteiger partial charge on any atom is 0.227 e. The largest absolute Gasteiger partial charge is 0.352 e. The smallest absolute Gasteiger partial charge is 0.227 e. The first-order valence-electron chi connectivity index (χ1n) is 10.4. The van der Waals surface area contributed by atoms with E-state index in [1.807, 2.05) is 43.0 Å². The van der Waals surface area contributed by atoms with Gasteiger partial charge in [-0.1, -0.05) is 38.1 Å². The van der Waals surface area contributed by atoms with Crippen LogP contribution in [0.5, 0.6) is 0 Å². The third kappa shape index (κ3) is 5.78. The Balaban J connectivity index is 0.00000363. The Labute approximate surface area is 183 Å². The van der Waals surface area contributed by atoms with Crippen LogP contribution in [0.4, 0.5) is 5.82 Å². The number of nitrogens with one attached hydrogen (secondary N) is 3. The van der Waals surface area contributed by atoms with Crippen molar-refractivity contribution in [1.29, 1.82) is 10.8 Å². The first kappa shape index (κ1) is 22.2. The highest BCUT2D eigenvalue weighted by atomic mass is 16.2. The number of hydrogen-bond donors (Lipinski definition) is 3. The summed E-state index contributed by atoms with van der Waals surface area (Å²) in [5, 5.41) is 22.2. The molecule has 3 rings (SSSR count). The normalized spacial score (nSPS) is 13.9. The molecule has 2 heterocycles. The fraction of sp³-hybridized carbons (Fsp3) is 0.409. The summed E-state index contributed by atoms with van der Waals surface area (Å²) in [5.41, 5.74) is 2.11. The maximum atomic E-state index is 12.7. The molecule has 2 aromatic rings. The number of carbonyl (C=O) groups excluding carboxylic acids is 2.